The molecule has 1 fully saturated rings. The Kier molecular flexibility index (Phi) is 3.21. The second-order valence-corrected chi connectivity index (χ2v) is 5.20. The smallest absolute Gasteiger partial charge is 0.0331 e. The molecule has 3 heteroatoms. The highest BCUT2D eigenvalue weighted by molar-refractivity contribution is 7.09. The molecule has 1 saturated heterocycles. The summed E-state index contributed by atoms with van der Waals surface area (Å²) in [5.41, 5.74) is 0. The standard InChI is InChI=1S/C11H18N2S/c1-9-7-13(10(2)6-12-9)8-11-4-3-5-14-11/h3-5,9-10,12H,6-8H2,1-2H3/t9-,10+/m1/s1. The minimum atomic E-state index is 0.631. The summed E-state index contributed by atoms with van der Waals surface area (Å²) < 4.78 is 0. The van der Waals surface area contributed by atoms with E-state index in [0.29, 0.717) is 12.1 Å². The SMILES string of the molecule is C[C@@H]1CN(Cc2cccs2)[C@@H](C)CN1. The molecule has 0 bridgehead atoms. The molecule has 0 radical (unpaired) electrons. The molecular formula is C11H18N2S. The Labute approximate surface area is 89.9 Å². The van der Waals surface area contributed by atoms with E-state index in [1.54, 1.807) is 0 Å². The summed E-state index contributed by atoms with van der Waals surface area (Å²) in [5.74, 6) is 0. The molecule has 0 saturated carbocycles. The molecule has 0 amide bonds. The van der Waals surface area contributed by atoms with Gasteiger partial charge in [0.25, 0.3) is 0 Å². The number of nitrogens with one attached hydrogen (secondary N) is 1. The predicted octanol–water partition coefficient (Wildman–Crippen LogP) is 1.93. The normalized spacial score (nSPS) is 29.3. The second kappa shape index (κ2) is 4.43. The summed E-state index contributed by atoms with van der Waals surface area (Å²) in [6.45, 7) is 7.95. The lowest BCUT2D eigenvalue weighted by atomic mass is 10.1. The van der Waals surface area contributed by atoms with Gasteiger partial charge in [-0.1, -0.05) is 6.07 Å². The van der Waals surface area contributed by atoms with Crippen molar-refractivity contribution in [3.05, 3.63) is 22.4 Å². The maximum atomic E-state index is 3.50. The number of piperazine rings is 1. The molecule has 1 aliphatic rings. The van der Waals surface area contributed by atoms with Crippen LogP contribution in [0.5, 0.6) is 0 Å². The molecule has 14 heavy (non-hydrogen) atoms. The summed E-state index contributed by atoms with van der Waals surface area (Å²) in [6.07, 6.45) is 0. The van der Waals surface area contributed by atoms with Crippen LogP contribution in [0.2, 0.25) is 0 Å². The first kappa shape index (κ1) is 10.1. The van der Waals surface area contributed by atoms with Gasteiger partial charge in [0.05, 0.1) is 0 Å². The third-order valence-corrected chi connectivity index (χ3v) is 3.69. The van der Waals surface area contributed by atoms with Crippen molar-refractivity contribution in [1.29, 1.82) is 0 Å². The number of nitrogens with zero attached hydrogens (tertiary/aromatic N) is 1. The van der Waals surface area contributed by atoms with Crippen LogP contribution >= 0.6 is 11.3 Å². The van der Waals surface area contributed by atoms with Gasteiger partial charge < -0.3 is 5.32 Å². The molecule has 2 heterocycles. The van der Waals surface area contributed by atoms with Gasteiger partial charge in [-0.25, -0.2) is 0 Å². The molecule has 1 N–H and O–H groups in total. The summed E-state index contributed by atoms with van der Waals surface area (Å²) in [5, 5.41) is 5.66. The Morgan fingerprint density at radius 1 is 1.57 bits per heavy atom. The molecule has 1 aromatic rings. The van der Waals surface area contributed by atoms with Gasteiger partial charge in [-0.3, -0.25) is 4.90 Å². The fourth-order valence-corrected chi connectivity index (χ4v) is 2.65. The lowest BCUT2D eigenvalue weighted by Crippen LogP contribution is -2.53. The molecule has 0 unspecified atom stereocenters. The first-order valence-electron chi connectivity index (χ1n) is 5.25. The number of hydrogen-bond acceptors (Lipinski definition) is 3. The van der Waals surface area contributed by atoms with Gasteiger partial charge in [0.1, 0.15) is 0 Å². The van der Waals surface area contributed by atoms with Crippen molar-refractivity contribution in [3.63, 3.8) is 0 Å². The van der Waals surface area contributed by atoms with Crippen molar-refractivity contribution in [3.8, 4) is 0 Å². The molecule has 1 aliphatic heterocycles. The van der Waals surface area contributed by atoms with E-state index in [0.717, 1.165) is 13.1 Å². The van der Waals surface area contributed by atoms with Crippen LogP contribution < -0.4 is 5.32 Å². The minimum absolute atomic E-state index is 0.631. The van der Waals surface area contributed by atoms with Crippen molar-refractivity contribution in [2.24, 2.45) is 0 Å². The molecule has 1 aromatic heterocycles. The zero-order valence-electron chi connectivity index (χ0n) is 8.86. The molecule has 0 spiro atoms. The Hall–Kier alpha value is -0.380. The second-order valence-electron chi connectivity index (χ2n) is 4.17. The lowest BCUT2D eigenvalue weighted by Gasteiger charge is -2.37. The Morgan fingerprint density at radius 2 is 2.43 bits per heavy atom. The third kappa shape index (κ3) is 2.35. The van der Waals surface area contributed by atoms with Crippen LogP contribution in [0.25, 0.3) is 0 Å². The van der Waals surface area contributed by atoms with E-state index in [1.807, 2.05) is 11.3 Å². The molecule has 2 rings (SSSR count). The van der Waals surface area contributed by atoms with Gasteiger partial charge in [0, 0.05) is 36.6 Å². The van der Waals surface area contributed by atoms with Crippen molar-refractivity contribution in [1.82, 2.24) is 10.2 Å². The van der Waals surface area contributed by atoms with Crippen LogP contribution in [-0.4, -0.2) is 30.1 Å². The highest BCUT2D eigenvalue weighted by Crippen LogP contribution is 2.15. The maximum Gasteiger partial charge on any atom is 0.0331 e. The molecule has 0 aliphatic carbocycles. The van der Waals surface area contributed by atoms with E-state index in [1.165, 1.54) is 11.4 Å². The lowest BCUT2D eigenvalue weighted by molar-refractivity contribution is 0.140. The summed E-state index contributed by atoms with van der Waals surface area (Å²) in [4.78, 5) is 4.04. The third-order valence-electron chi connectivity index (χ3n) is 2.83. The quantitative estimate of drug-likeness (QED) is 0.802. The first-order valence-corrected chi connectivity index (χ1v) is 6.13. The fraction of sp³-hybridized carbons (Fsp3) is 0.636. The summed E-state index contributed by atoms with van der Waals surface area (Å²) in [6, 6.07) is 5.65. The van der Waals surface area contributed by atoms with Gasteiger partial charge >= 0.3 is 0 Å². The van der Waals surface area contributed by atoms with Crippen LogP contribution in [0.4, 0.5) is 0 Å². The molecule has 78 valence electrons. The highest BCUT2D eigenvalue weighted by atomic mass is 32.1. The Bertz CT molecular complexity index is 271. The van der Waals surface area contributed by atoms with Gasteiger partial charge in [0.15, 0.2) is 0 Å². The topological polar surface area (TPSA) is 15.3 Å². The molecular weight excluding hydrogens is 192 g/mol. The largest absolute Gasteiger partial charge is 0.311 e. The van der Waals surface area contributed by atoms with E-state index in [9.17, 15) is 0 Å². The van der Waals surface area contributed by atoms with Gasteiger partial charge in [0.2, 0.25) is 0 Å². The minimum Gasteiger partial charge on any atom is -0.311 e. The van der Waals surface area contributed by atoms with Crippen LogP contribution in [0.3, 0.4) is 0 Å². The van der Waals surface area contributed by atoms with Crippen molar-refractivity contribution in [2.45, 2.75) is 32.5 Å². The fourth-order valence-electron chi connectivity index (χ4n) is 1.92. The number of thiophene rings is 1. The average Bonchev–Trinajstić information content (AvgIpc) is 2.64. The van der Waals surface area contributed by atoms with E-state index in [2.05, 4.69) is 41.6 Å². The van der Waals surface area contributed by atoms with Crippen molar-refractivity contribution < 1.29 is 0 Å². The van der Waals surface area contributed by atoms with E-state index >= 15 is 0 Å². The van der Waals surface area contributed by atoms with E-state index in [4.69, 9.17) is 0 Å². The molecule has 2 nitrogen and oxygen atoms in total. The summed E-state index contributed by atoms with van der Waals surface area (Å²) in [7, 11) is 0. The van der Waals surface area contributed by atoms with Crippen molar-refractivity contribution >= 4 is 11.3 Å². The maximum absolute atomic E-state index is 3.50. The average molecular weight is 210 g/mol. The highest BCUT2D eigenvalue weighted by Gasteiger charge is 2.22. The number of rotatable bonds is 2. The van der Waals surface area contributed by atoms with Gasteiger partial charge in [-0.05, 0) is 25.3 Å². The number of hydrogen-bond donors (Lipinski definition) is 1. The summed E-state index contributed by atoms with van der Waals surface area (Å²) >= 11 is 1.86. The van der Waals surface area contributed by atoms with Crippen LogP contribution in [0.15, 0.2) is 17.5 Å². The Morgan fingerprint density at radius 3 is 3.14 bits per heavy atom. The van der Waals surface area contributed by atoms with Crippen LogP contribution in [-0.2, 0) is 6.54 Å². The van der Waals surface area contributed by atoms with Gasteiger partial charge in [-0.15, -0.1) is 11.3 Å². The van der Waals surface area contributed by atoms with Crippen molar-refractivity contribution in [2.75, 3.05) is 13.1 Å². The van der Waals surface area contributed by atoms with Crippen LogP contribution in [0, 0.1) is 0 Å². The molecule has 2 atom stereocenters. The monoisotopic (exact) mass is 210 g/mol. The first-order chi connectivity index (χ1) is 6.75. The zero-order chi connectivity index (χ0) is 9.97. The molecule has 0 aromatic carbocycles. The zero-order valence-corrected chi connectivity index (χ0v) is 9.68. The Balaban J connectivity index is 1.95. The predicted molar refractivity (Wildman–Crippen MR) is 61.7 cm³/mol. The van der Waals surface area contributed by atoms with E-state index in [-0.39, 0.29) is 0 Å². The van der Waals surface area contributed by atoms with Gasteiger partial charge in [-0.2, -0.15) is 0 Å². The van der Waals surface area contributed by atoms with E-state index < -0.39 is 0 Å². The van der Waals surface area contributed by atoms with Crippen LogP contribution in [0.1, 0.15) is 18.7 Å².